The molecule has 0 aliphatic carbocycles. The molecule has 0 aromatic carbocycles. The lowest BCUT2D eigenvalue weighted by Gasteiger charge is -2.05. The first-order chi connectivity index (χ1) is 6.68. The molecular weight excluding hydrogens is 182 g/mol. The van der Waals surface area contributed by atoms with E-state index in [2.05, 4.69) is 15.1 Å². The summed E-state index contributed by atoms with van der Waals surface area (Å²) in [5, 5.41) is 3.94. The molecule has 0 bridgehead atoms. The van der Waals surface area contributed by atoms with Gasteiger partial charge in [-0.15, -0.1) is 0 Å². The van der Waals surface area contributed by atoms with Crippen LogP contribution in [0.5, 0.6) is 0 Å². The second kappa shape index (κ2) is 3.22. The molecule has 0 saturated heterocycles. The van der Waals surface area contributed by atoms with Gasteiger partial charge in [0.05, 0.1) is 0 Å². The molecule has 2 aromatic heterocycles. The van der Waals surface area contributed by atoms with Gasteiger partial charge in [0.1, 0.15) is 30.2 Å². The lowest BCUT2D eigenvalue weighted by molar-refractivity contribution is 0.519. The predicted octanol–water partition coefficient (Wildman–Crippen LogP) is 0.160. The van der Waals surface area contributed by atoms with Crippen LogP contribution in [-0.4, -0.2) is 19.7 Å². The highest BCUT2D eigenvalue weighted by Gasteiger charge is 2.17. The third kappa shape index (κ3) is 1.39. The van der Waals surface area contributed by atoms with Crippen molar-refractivity contribution in [3.63, 3.8) is 0 Å². The van der Waals surface area contributed by atoms with Gasteiger partial charge in [0.2, 0.25) is 0 Å². The summed E-state index contributed by atoms with van der Waals surface area (Å²) in [5.74, 6) is 1.26. The van der Waals surface area contributed by atoms with Gasteiger partial charge in [0.15, 0.2) is 5.89 Å². The number of aryl methyl sites for hydroxylation is 2. The average molecular weight is 193 g/mol. The molecule has 1 unspecified atom stereocenters. The van der Waals surface area contributed by atoms with Crippen LogP contribution in [0.2, 0.25) is 0 Å². The summed E-state index contributed by atoms with van der Waals surface area (Å²) in [4.78, 5) is 8.18. The fraction of sp³-hybridized carbons (Fsp3) is 0.375. The van der Waals surface area contributed by atoms with Crippen molar-refractivity contribution >= 4 is 0 Å². The van der Waals surface area contributed by atoms with Crippen molar-refractivity contribution in [2.75, 3.05) is 0 Å². The number of oxazole rings is 1. The molecular formula is C8H11N5O. The average Bonchev–Trinajstić information content (AvgIpc) is 2.73. The molecule has 2 aromatic rings. The van der Waals surface area contributed by atoms with Crippen molar-refractivity contribution in [1.29, 1.82) is 0 Å². The van der Waals surface area contributed by atoms with Crippen molar-refractivity contribution in [3.05, 3.63) is 30.0 Å². The highest BCUT2D eigenvalue weighted by atomic mass is 16.3. The molecule has 0 spiro atoms. The van der Waals surface area contributed by atoms with Gasteiger partial charge in [0, 0.05) is 14.0 Å². The third-order valence-electron chi connectivity index (χ3n) is 1.98. The normalized spacial score (nSPS) is 13.1. The monoisotopic (exact) mass is 193 g/mol. The maximum Gasteiger partial charge on any atom is 0.191 e. The first-order valence-electron chi connectivity index (χ1n) is 4.20. The lowest BCUT2D eigenvalue weighted by Crippen LogP contribution is -2.17. The summed E-state index contributed by atoms with van der Waals surface area (Å²) in [6.45, 7) is 1.77. The van der Waals surface area contributed by atoms with Crippen LogP contribution in [0.25, 0.3) is 0 Å². The van der Waals surface area contributed by atoms with Gasteiger partial charge in [-0.1, -0.05) is 0 Å². The second-order valence-electron chi connectivity index (χ2n) is 3.01. The first kappa shape index (κ1) is 8.89. The van der Waals surface area contributed by atoms with Crippen molar-refractivity contribution < 1.29 is 4.42 Å². The molecule has 0 saturated carbocycles. The summed E-state index contributed by atoms with van der Waals surface area (Å²) in [6, 6.07) is -0.389. The van der Waals surface area contributed by atoms with Gasteiger partial charge >= 0.3 is 0 Å². The molecule has 0 amide bonds. The van der Waals surface area contributed by atoms with Crippen LogP contribution in [0, 0.1) is 6.92 Å². The van der Waals surface area contributed by atoms with Crippen molar-refractivity contribution in [1.82, 2.24) is 19.7 Å². The molecule has 0 aliphatic rings. The molecule has 74 valence electrons. The van der Waals surface area contributed by atoms with E-state index < -0.39 is 0 Å². The van der Waals surface area contributed by atoms with E-state index in [1.54, 1.807) is 18.7 Å². The number of hydrogen-bond acceptors (Lipinski definition) is 5. The number of hydrogen-bond donors (Lipinski definition) is 1. The van der Waals surface area contributed by atoms with Crippen LogP contribution >= 0.6 is 0 Å². The van der Waals surface area contributed by atoms with Gasteiger partial charge in [0.25, 0.3) is 0 Å². The van der Waals surface area contributed by atoms with E-state index in [0.717, 1.165) is 0 Å². The van der Waals surface area contributed by atoms with Gasteiger partial charge in [-0.2, -0.15) is 5.10 Å². The Bertz CT molecular complexity index is 432. The zero-order valence-electron chi connectivity index (χ0n) is 8.01. The Morgan fingerprint density at radius 1 is 1.57 bits per heavy atom. The Hall–Kier alpha value is -1.69. The van der Waals surface area contributed by atoms with Gasteiger partial charge < -0.3 is 10.2 Å². The number of nitrogens with zero attached hydrogens (tertiary/aromatic N) is 4. The largest absolute Gasteiger partial charge is 0.449 e. The van der Waals surface area contributed by atoms with Crippen molar-refractivity contribution in [2.24, 2.45) is 12.8 Å². The van der Waals surface area contributed by atoms with Gasteiger partial charge in [-0.05, 0) is 0 Å². The van der Waals surface area contributed by atoms with E-state index in [0.29, 0.717) is 17.4 Å². The first-order valence-corrected chi connectivity index (χ1v) is 4.20. The summed E-state index contributed by atoms with van der Waals surface area (Å²) in [5.41, 5.74) is 6.59. The molecule has 0 fully saturated rings. The molecule has 2 heterocycles. The number of aromatic nitrogens is 4. The fourth-order valence-electron chi connectivity index (χ4n) is 1.24. The minimum Gasteiger partial charge on any atom is -0.449 e. The summed E-state index contributed by atoms with van der Waals surface area (Å²) in [7, 11) is 1.79. The summed E-state index contributed by atoms with van der Waals surface area (Å²) >= 11 is 0. The predicted molar refractivity (Wildman–Crippen MR) is 48.3 cm³/mol. The number of rotatable bonds is 2. The maximum atomic E-state index is 5.93. The third-order valence-corrected chi connectivity index (χ3v) is 1.98. The van der Waals surface area contributed by atoms with Crippen LogP contribution in [-0.2, 0) is 7.05 Å². The minimum atomic E-state index is -0.389. The van der Waals surface area contributed by atoms with Crippen LogP contribution in [0.4, 0.5) is 0 Å². The summed E-state index contributed by atoms with van der Waals surface area (Å²) < 4.78 is 6.69. The SMILES string of the molecule is Cc1nc(C(N)c2ncnn2C)co1. The quantitative estimate of drug-likeness (QED) is 0.734. The van der Waals surface area contributed by atoms with E-state index in [4.69, 9.17) is 10.2 Å². The van der Waals surface area contributed by atoms with E-state index in [1.807, 2.05) is 0 Å². The van der Waals surface area contributed by atoms with Crippen molar-refractivity contribution in [3.8, 4) is 0 Å². The zero-order chi connectivity index (χ0) is 10.1. The molecule has 0 aliphatic heterocycles. The van der Waals surface area contributed by atoms with Crippen LogP contribution < -0.4 is 5.73 Å². The molecule has 6 nitrogen and oxygen atoms in total. The minimum absolute atomic E-state index is 0.389. The smallest absolute Gasteiger partial charge is 0.191 e. The summed E-state index contributed by atoms with van der Waals surface area (Å²) in [6.07, 6.45) is 3.00. The van der Waals surface area contributed by atoms with E-state index in [-0.39, 0.29) is 6.04 Å². The Balaban J connectivity index is 2.33. The number of nitrogens with two attached hydrogens (primary N) is 1. The Morgan fingerprint density at radius 3 is 2.86 bits per heavy atom. The Kier molecular flexibility index (Phi) is 2.05. The molecule has 6 heteroatoms. The van der Waals surface area contributed by atoms with Crippen LogP contribution in [0.1, 0.15) is 23.5 Å². The van der Waals surface area contributed by atoms with E-state index in [9.17, 15) is 0 Å². The highest BCUT2D eigenvalue weighted by Crippen LogP contribution is 2.15. The highest BCUT2D eigenvalue weighted by molar-refractivity contribution is 5.12. The van der Waals surface area contributed by atoms with E-state index in [1.165, 1.54) is 12.6 Å². The van der Waals surface area contributed by atoms with Crippen LogP contribution in [0.15, 0.2) is 17.0 Å². The topological polar surface area (TPSA) is 82.8 Å². The molecule has 1 atom stereocenters. The van der Waals surface area contributed by atoms with Crippen LogP contribution in [0.3, 0.4) is 0 Å². The molecule has 14 heavy (non-hydrogen) atoms. The molecule has 2 N–H and O–H groups in total. The standard InChI is InChI=1S/C8H11N5O/c1-5-12-6(3-14-5)7(9)8-10-4-11-13(8)2/h3-4,7H,9H2,1-2H3. The fourth-order valence-corrected chi connectivity index (χ4v) is 1.24. The second-order valence-corrected chi connectivity index (χ2v) is 3.01. The van der Waals surface area contributed by atoms with E-state index >= 15 is 0 Å². The van der Waals surface area contributed by atoms with Gasteiger partial charge in [-0.25, -0.2) is 9.97 Å². The van der Waals surface area contributed by atoms with Crippen molar-refractivity contribution in [2.45, 2.75) is 13.0 Å². The van der Waals surface area contributed by atoms with Gasteiger partial charge in [-0.3, -0.25) is 4.68 Å². The molecule has 0 radical (unpaired) electrons. The molecule has 2 rings (SSSR count). The zero-order valence-corrected chi connectivity index (χ0v) is 8.01. The maximum absolute atomic E-state index is 5.93. The Morgan fingerprint density at radius 2 is 2.36 bits per heavy atom. The lowest BCUT2D eigenvalue weighted by atomic mass is 10.2. The Labute approximate surface area is 80.8 Å².